The Labute approximate surface area is 175 Å². The van der Waals surface area contributed by atoms with Crippen LogP contribution in [0.3, 0.4) is 0 Å². The first-order chi connectivity index (χ1) is 14.1. The number of hydrogen-bond acceptors (Lipinski definition) is 8. The summed E-state index contributed by atoms with van der Waals surface area (Å²) in [5.41, 5.74) is -0.0594. The van der Waals surface area contributed by atoms with Crippen LogP contribution in [-0.2, 0) is 34.4 Å². The van der Waals surface area contributed by atoms with Crippen LogP contribution in [0.25, 0.3) is 0 Å². The molecule has 2 heterocycles. The third-order valence-electron chi connectivity index (χ3n) is 5.08. The maximum atomic E-state index is 13.3. The first-order valence-corrected chi connectivity index (χ1v) is 12.6. The van der Waals surface area contributed by atoms with Crippen LogP contribution in [-0.4, -0.2) is 65.6 Å². The van der Waals surface area contributed by atoms with Gasteiger partial charge in [0.25, 0.3) is 0 Å². The number of esters is 1. The first kappa shape index (κ1) is 22.5. The minimum absolute atomic E-state index is 0.0149. The van der Waals surface area contributed by atoms with Crippen molar-refractivity contribution in [3.63, 3.8) is 0 Å². The van der Waals surface area contributed by atoms with Crippen molar-refractivity contribution in [3.05, 3.63) is 18.2 Å². The van der Waals surface area contributed by atoms with Gasteiger partial charge in [-0.2, -0.15) is 4.31 Å². The molecule has 2 aliphatic heterocycles. The number of carbonyl (C=O) groups is 2. The van der Waals surface area contributed by atoms with Gasteiger partial charge in [0.15, 0.2) is 0 Å². The molecule has 1 unspecified atom stereocenters. The number of hydrogen-bond donors (Lipinski definition) is 0. The number of methoxy groups -OCH3 is 1. The molecule has 1 aromatic carbocycles. The van der Waals surface area contributed by atoms with E-state index in [1.165, 1.54) is 23.5 Å². The van der Waals surface area contributed by atoms with Crippen molar-refractivity contribution in [1.29, 1.82) is 0 Å². The Morgan fingerprint density at radius 1 is 1.30 bits per heavy atom. The number of amides is 1. The lowest BCUT2D eigenvalue weighted by Crippen LogP contribution is -2.42. The van der Waals surface area contributed by atoms with Crippen LogP contribution in [0.4, 0.5) is 5.69 Å². The molecule has 10 nitrogen and oxygen atoms in total. The third-order valence-corrected chi connectivity index (χ3v) is 8.66. The van der Waals surface area contributed by atoms with Crippen LogP contribution in [0.1, 0.15) is 26.2 Å². The number of piperidine rings is 1. The van der Waals surface area contributed by atoms with Gasteiger partial charge in [-0.1, -0.05) is 0 Å². The lowest BCUT2D eigenvalue weighted by Gasteiger charge is -2.31. The summed E-state index contributed by atoms with van der Waals surface area (Å²) in [7, 11) is -6.68. The fraction of sp³-hybridized carbons (Fsp3) is 0.556. The number of nitrogens with zero attached hydrogens (tertiary/aromatic N) is 2. The van der Waals surface area contributed by atoms with Crippen molar-refractivity contribution in [2.24, 2.45) is 5.92 Å². The standard InChI is InChI=1S/C18H24N2O8S2/c1-3-28-18(22)13-5-4-9-19(12-13)30(25,26)16-11-14(6-7-15(16)27-2)20-17(21)8-10-29(20,23)24/h6-7,11,13H,3-5,8-10,12H2,1-2H3. The minimum atomic E-state index is -4.13. The fourth-order valence-electron chi connectivity index (χ4n) is 3.61. The van der Waals surface area contributed by atoms with Crippen LogP contribution >= 0.6 is 0 Å². The third kappa shape index (κ3) is 4.16. The highest BCUT2D eigenvalue weighted by molar-refractivity contribution is 7.94. The molecule has 0 spiro atoms. The zero-order valence-corrected chi connectivity index (χ0v) is 18.4. The number of rotatable bonds is 6. The number of anilines is 1. The van der Waals surface area contributed by atoms with E-state index >= 15 is 0 Å². The van der Waals surface area contributed by atoms with Crippen LogP contribution < -0.4 is 9.04 Å². The summed E-state index contributed by atoms with van der Waals surface area (Å²) in [5, 5.41) is 0. The molecular formula is C18H24N2O8S2. The molecule has 30 heavy (non-hydrogen) atoms. The summed E-state index contributed by atoms with van der Waals surface area (Å²) >= 11 is 0. The monoisotopic (exact) mass is 460 g/mol. The van der Waals surface area contributed by atoms with Gasteiger partial charge in [-0.05, 0) is 38.0 Å². The average Bonchev–Trinajstić information content (AvgIpc) is 3.00. The molecule has 0 aromatic heterocycles. The van der Waals surface area contributed by atoms with E-state index in [0.29, 0.717) is 17.1 Å². The van der Waals surface area contributed by atoms with Crippen LogP contribution in [0.2, 0.25) is 0 Å². The molecule has 0 aliphatic carbocycles. The molecular weight excluding hydrogens is 436 g/mol. The molecule has 0 N–H and O–H groups in total. The maximum absolute atomic E-state index is 13.3. The second-order valence-electron chi connectivity index (χ2n) is 7.01. The minimum Gasteiger partial charge on any atom is -0.495 e. The molecule has 0 saturated carbocycles. The molecule has 166 valence electrons. The smallest absolute Gasteiger partial charge is 0.310 e. The molecule has 3 rings (SSSR count). The molecule has 1 amide bonds. The van der Waals surface area contributed by atoms with Crippen molar-refractivity contribution in [2.45, 2.75) is 31.1 Å². The highest BCUT2D eigenvalue weighted by Gasteiger charge is 2.39. The molecule has 1 aromatic rings. The van der Waals surface area contributed by atoms with E-state index in [9.17, 15) is 26.4 Å². The van der Waals surface area contributed by atoms with Crippen molar-refractivity contribution >= 4 is 37.6 Å². The van der Waals surface area contributed by atoms with E-state index in [0.717, 1.165) is 6.07 Å². The van der Waals surface area contributed by atoms with Crippen LogP contribution in [0, 0.1) is 5.92 Å². The fourth-order valence-corrected chi connectivity index (χ4v) is 6.77. The summed E-state index contributed by atoms with van der Waals surface area (Å²) in [6, 6.07) is 3.77. The predicted molar refractivity (Wildman–Crippen MR) is 107 cm³/mol. The number of benzene rings is 1. The Balaban J connectivity index is 1.99. The second-order valence-corrected chi connectivity index (χ2v) is 10.9. The summed E-state index contributed by atoms with van der Waals surface area (Å²) in [5.74, 6) is -1.97. The molecule has 12 heteroatoms. The van der Waals surface area contributed by atoms with E-state index in [2.05, 4.69) is 0 Å². The van der Waals surface area contributed by atoms with Gasteiger partial charge >= 0.3 is 5.97 Å². The number of sulfonamides is 2. The summed E-state index contributed by atoms with van der Waals surface area (Å²) in [6.45, 7) is 2.04. The van der Waals surface area contributed by atoms with Crippen molar-refractivity contribution in [1.82, 2.24) is 4.31 Å². The normalized spacial score (nSPS) is 22.1. The van der Waals surface area contributed by atoms with E-state index < -0.39 is 37.8 Å². The van der Waals surface area contributed by atoms with Gasteiger partial charge < -0.3 is 9.47 Å². The second kappa shape index (κ2) is 8.52. The average molecular weight is 461 g/mol. The van der Waals surface area contributed by atoms with Crippen molar-refractivity contribution in [3.8, 4) is 5.75 Å². The zero-order chi connectivity index (χ0) is 22.1. The summed E-state index contributed by atoms with van der Waals surface area (Å²) in [4.78, 5) is 23.9. The molecule has 1 atom stereocenters. The van der Waals surface area contributed by atoms with Crippen LogP contribution in [0.5, 0.6) is 5.75 Å². The highest BCUT2D eigenvalue weighted by Crippen LogP contribution is 2.35. The largest absolute Gasteiger partial charge is 0.495 e. The van der Waals surface area contributed by atoms with Gasteiger partial charge in [0, 0.05) is 19.5 Å². The zero-order valence-electron chi connectivity index (χ0n) is 16.7. The van der Waals surface area contributed by atoms with E-state index in [1.807, 2.05) is 0 Å². The molecule has 2 aliphatic rings. The van der Waals surface area contributed by atoms with Gasteiger partial charge in [-0.25, -0.2) is 21.1 Å². The summed E-state index contributed by atoms with van der Waals surface area (Å²) < 4.78 is 63.1. The molecule has 0 radical (unpaired) electrons. The molecule has 2 saturated heterocycles. The quantitative estimate of drug-likeness (QED) is 0.569. The Kier molecular flexibility index (Phi) is 6.39. The highest BCUT2D eigenvalue weighted by atomic mass is 32.2. The van der Waals surface area contributed by atoms with E-state index in [4.69, 9.17) is 9.47 Å². The Hall–Kier alpha value is -2.18. The van der Waals surface area contributed by atoms with Gasteiger partial charge in [0.1, 0.15) is 10.6 Å². The van der Waals surface area contributed by atoms with Crippen LogP contribution in [0.15, 0.2) is 23.1 Å². The van der Waals surface area contributed by atoms with E-state index in [1.54, 1.807) is 6.92 Å². The van der Waals surface area contributed by atoms with Gasteiger partial charge in [0.05, 0.1) is 31.1 Å². The van der Waals surface area contributed by atoms with Gasteiger partial charge in [-0.3, -0.25) is 9.59 Å². The predicted octanol–water partition coefficient (Wildman–Crippen LogP) is 0.726. The number of ether oxygens (including phenoxy) is 2. The lowest BCUT2D eigenvalue weighted by atomic mass is 10.0. The maximum Gasteiger partial charge on any atom is 0.310 e. The topological polar surface area (TPSA) is 127 Å². The van der Waals surface area contributed by atoms with E-state index in [-0.39, 0.29) is 48.2 Å². The summed E-state index contributed by atoms with van der Waals surface area (Å²) in [6.07, 6.45) is 0.829. The van der Waals surface area contributed by atoms with Crippen molar-refractivity contribution < 1.29 is 35.9 Å². The van der Waals surface area contributed by atoms with Crippen molar-refractivity contribution in [2.75, 3.05) is 36.9 Å². The van der Waals surface area contributed by atoms with Gasteiger partial charge in [-0.15, -0.1) is 0 Å². The lowest BCUT2D eigenvalue weighted by molar-refractivity contribution is -0.149. The Morgan fingerprint density at radius 3 is 2.63 bits per heavy atom. The molecule has 2 fully saturated rings. The van der Waals surface area contributed by atoms with Gasteiger partial charge in [0.2, 0.25) is 26.0 Å². The Bertz CT molecular complexity index is 1050. The first-order valence-electron chi connectivity index (χ1n) is 9.52. The number of carbonyl (C=O) groups excluding carboxylic acids is 2. The Morgan fingerprint density at radius 2 is 2.03 bits per heavy atom. The molecule has 0 bridgehead atoms. The SMILES string of the molecule is CCOC(=O)C1CCCN(S(=O)(=O)c2cc(N3C(=O)CCS3(=O)=O)ccc2OC)C1.